The Labute approximate surface area is 129 Å². The van der Waals surface area contributed by atoms with Gasteiger partial charge in [0.15, 0.2) is 0 Å². The van der Waals surface area contributed by atoms with Gasteiger partial charge in [-0.2, -0.15) is 15.6 Å². The van der Waals surface area contributed by atoms with Gasteiger partial charge in [-0.1, -0.05) is 0 Å². The summed E-state index contributed by atoms with van der Waals surface area (Å²) >= 11 is 4.53. The first-order valence-corrected chi connectivity index (χ1v) is 8.72. The summed E-state index contributed by atoms with van der Waals surface area (Å²) in [6, 6.07) is 4.00. The molecule has 0 amide bonds. The first kappa shape index (κ1) is 15.4. The summed E-state index contributed by atoms with van der Waals surface area (Å²) in [5.41, 5.74) is 6.66. The van der Waals surface area contributed by atoms with Gasteiger partial charge in [0.1, 0.15) is 10.7 Å². The van der Waals surface area contributed by atoms with Crippen LogP contribution in [0.25, 0.3) is 0 Å². The number of thiophene rings is 1. The van der Waals surface area contributed by atoms with Gasteiger partial charge in [0, 0.05) is 23.8 Å². The van der Waals surface area contributed by atoms with E-state index in [4.69, 9.17) is 5.73 Å². The molecular formula is C12H12BrFN2O2S2. The number of nitrogen functional groups attached to an aromatic ring is 1. The molecular weight excluding hydrogens is 367 g/mol. The molecule has 20 heavy (non-hydrogen) atoms. The minimum absolute atomic E-state index is 0.175. The van der Waals surface area contributed by atoms with E-state index in [0.29, 0.717) is 4.47 Å². The van der Waals surface area contributed by atoms with E-state index in [9.17, 15) is 12.8 Å². The number of hydrogen-bond donors (Lipinski definition) is 1. The molecule has 0 aliphatic carbocycles. The summed E-state index contributed by atoms with van der Waals surface area (Å²) in [5.74, 6) is -0.830. The average Bonchev–Trinajstić information content (AvgIpc) is 2.86. The molecule has 1 aromatic carbocycles. The minimum atomic E-state index is -3.92. The van der Waals surface area contributed by atoms with Crippen LogP contribution in [0.15, 0.2) is 38.3 Å². The number of anilines is 1. The van der Waals surface area contributed by atoms with Gasteiger partial charge in [-0.3, -0.25) is 0 Å². The van der Waals surface area contributed by atoms with Crippen molar-refractivity contribution in [2.24, 2.45) is 0 Å². The van der Waals surface area contributed by atoms with Crippen molar-refractivity contribution in [1.82, 2.24) is 4.31 Å². The molecule has 0 saturated carbocycles. The number of benzene rings is 1. The van der Waals surface area contributed by atoms with Gasteiger partial charge in [0.2, 0.25) is 10.0 Å². The lowest BCUT2D eigenvalue weighted by atomic mass is 10.3. The van der Waals surface area contributed by atoms with E-state index >= 15 is 0 Å². The highest BCUT2D eigenvalue weighted by Crippen LogP contribution is 2.28. The highest BCUT2D eigenvalue weighted by molar-refractivity contribution is 9.10. The third-order valence-electron chi connectivity index (χ3n) is 2.72. The second-order valence-corrected chi connectivity index (χ2v) is 7.84. The largest absolute Gasteiger partial charge is 0.398 e. The van der Waals surface area contributed by atoms with Gasteiger partial charge in [0.05, 0.1) is 0 Å². The van der Waals surface area contributed by atoms with Gasteiger partial charge in [-0.05, 0) is 50.5 Å². The highest BCUT2D eigenvalue weighted by atomic mass is 79.9. The number of hydrogen-bond acceptors (Lipinski definition) is 4. The standard InChI is InChI=1S/C12H12BrFN2O2S2/c1-16(6-8-2-3-19-7-8)20(17,18)12-5-11(15)9(13)4-10(12)14/h2-5,7H,6,15H2,1H3. The van der Waals surface area contributed by atoms with Crippen molar-refractivity contribution in [3.05, 3.63) is 44.8 Å². The number of nitrogens with two attached hydrogens (primary N) is 1. The lowest BCUT2D eigenvalue weighted by Crippen LogP contribution is -2.27. The quantitative estimate of drug-likeness (QED) is 0.831. The minimum Gasteiger partial charge on any atom is -0.398 e. The maximum atomic E-state index is 13.9. The molecule has 0 bridgehead atoms. The fourth-order valence-corrected chi connectivity index (χ4v) is 3.85. The summed E-state index contributed by atoms with van der Waals surface area (Å²) in [6.07, 6.45) is 0. The predicted molar refractivity (Wildman–Crippen MR) is 81.5 cm³/mol. The summed E-state index contributed by atoms with van der Waals surface area (Å²) in [5, 5.41) is 3.70. The molecule has 108 valence electrons. The number of rotatable bonds is 4. The number of halogens is 2. The molecule has 0 radical (unpaired) electrons. The molecule has 1 aromatic heterocycles. The van der Waals surface area contributed by atoms with Crippen LogP contribution in [0, 0.1) is 5.82 Å². The second-order valence-electron chi connectivity index (χ2n) is 4.20. The van der Waals surface area contributed by atoms with Crippen LogP contribution in [0.4, 0.5) is 10.1 Å². The Morgan fingerprint density at radius 2 is 2.15 bits per heavy atom. The van der Waals surface area contributed by atoms with Crippen LogP contribution < -0.4 is 5.73 Å². The van der Waals surface area contributed by atoms with Crippen molar-refractivity contribution < 1.29 is 12.8 Å². The Bertz CT molecular complexity index is 717. The van der Waals surface area contributed by atoms with Gasteiger partial charge >= 0.3 is 0 Å². The van der Waals surface area contributed by atoms with Crippen molar-refractivity contribution in [2.45, 2.75) is 11.4 Å². The summed E-state index contributed by atoms with van der Waals surface area (Å²) in [6.45, 7) is 0.182. The normalized spacial score (nSPS) is 12.0. The van der Waals surface area contributed by atoms with Crippen molar-refractivity contribution >= 4 is 43.0 Å². The Kier molecular flexibility index (Phi) is 4.48. The second kappa shape index (κ2) is 5.80. The molecule has 2 N–H and O–H groups in total. The van der Waals surface area contributed by atoms with Crippen LogP contribution in [-0.4, -0.2) is 19.8 Å². The third kappa shape index (κ3) is 3.03. The predicted octanol–water partition coefficient (Wildman–Crippen LogP) is 3.05. The Morgan fingerprint density at radius 1 is 1.45 bits per heavy atom. The Balaban J connectivity index is 2.37. The van der Waals surface area contributed by atoms with Crippen LogP contribution in [0.1, 0.15) is 5.56 Å². The zero-order chi connectivity index (χ0) is 14.9. The molecule has 0 aliphatic rings. The van der Waals surface area contributed by atoms with E-state index in [1.807, 2.05) is 16.8 Å². The van der Waals surface area contributed by atoms with Crippen molar-refractivity contribution in [3.63, 3.8) is 0 Å². The van der Waals surface area contributed by atoms with Gasteiger partial charge in [-0.25, -0.2) is 12.8 Å². The molecule has 0 fully saturated rings. The third-order valence-corrected chi connectivity index (χ3v) is 5.96. The van der Waals surface area contributed by atoms with Gasteiger partial charge < -0.3 is 5.73 Å². The lowest BCUT2D eigenvalue weighted by molar-refractivity contribution is 0.460. The number of nitrogens with zero attached hydrogens (tertiary/aromatic N) is 1. The van der Waals surface area contributed by atoms with Crippen molar-refractivity contribution in [1.29, 1.82) is 0 Å². The molecule has 1 heterocycles. The van der Waals surface area contributed by atoms with Gasteiger partial charge in [0.25, 0.3) is 0 Å². The van der Waals surface area contributed by atoms with E-state index in [0.717, 1.165) is 22.0 Å². The number of sulfonamides is 1. The Hall–Kier alpha value is -0.960. The van der Waals surface area contributed by atoms with Crippen LogP contribution >= 0.6 is 27.3 Å². The van der Waals surface area contributed by atoms with E-state index in [-0.39, 0.29) is 12.2 Å². The lowest BCUT2D eigenvalue weighted by Gasteiger charge is -2.17. The fraction of sp³-hybridized carbons (Fsp3) is 0.167. The molecule has 0 atom stereocenters. The van der Waals surface area contributed by atoms with Crippen molar-refractivity contribution in [2.75, 3.05) is 12.8 Å². The fourth-order valence-electron chi connectivity index (χ4n) is 1.64. The maximum Gasteiger partial charge on any atom is 0.246 e. The van der Waals surface area contributed by atoms with Crippen LogP contribution in [0.3, 0.4) is 0 Å². The zero-order valence-electron chi connectivity index (χ0n) is 10.5. The van der Waals surface area contributed by atoms with Crippen molar-refractivity contribution in [3.8, 4) is 0 Å². The van der Waals surface area contributed by atoms with Gasteiger partial charge in [-0.15, -0.1) is 0 Å². The van der Waals surface area contributed by atoms with E-state index in [2.05, 4.69) is 15.9 Å². The van der Waals surface area contributed by atoms with Crippen LogP contribution in [0.5, 0.6) is 0 Å². The zero-order valence-corrected chi connectivity index (χ0v) is 13.7. The summed E-state index contributed by atoms with van der Waals surface area (Å²) in [4.78, 5) is -0.420. The smallest absolute Gasteiger partial charge is 0.246 e. The first-order chi connectivity index (χ1) is 9.32. The molecule has 4 nitrogen and oxygen atoms in total. The van der Waals surface area contributed by atoms with E-state index in [1.165, 1.54) is 18.4 Å². The SMILES string of the molecule is CN(Cc1ccsc1)S(=O)(=O)c1cc(N)c(Br)cc1F. The van der Waals surface area contributed by atoms with E-state index in [1.54, 1.807) is 0 Å². The maximum absolute atomic E-state index is 13.9. The molecule has 0 aliphatic heterocycles. The van der Waals surface area contributed by atoms with Crippen LogP contribution in [0.2, 0.25) is 0 Å². The van der Waals surface area contributed by atoms with Crippen LogP contribution in [-0.2, 0) is 16.6 Å². The molecule has 2 rings (SSSR count). The molecule has 0 spiro atoms. The average molecular weight is 379 g/mol. The molecule has 2 aromatic rings. The Morgan fingerprint density at radius 3 is 2.75 bits per heavy atom. The highest BCUT2D eigenvalue weighted by Gasteiger charge is 2.25. The first-order valence-electron chi connectivity index (χ1n) is 5.54. The van der Waals surface area contributed by atoms with E-state index < -0.39 is 20.7 Å². The molecule has 0 saturated heterocycles. The summed E-state index contributed by atoms with van der Waals surface area (Å²) < 4.78 is 40.0. The molecule has 8 heteroatoms. The monoisotopic (exact) mass is 378 g/mol. The summed E-state index contributed by atoms with van der Waals surface area (Å²) in [7, 11) is -2.52. The molecule has 0 unspecified atom stereocenters. The topological polar surface area (TPSA) is 63.4 Å².